The summed E-state index contributed by atoms with van der Waals surface area (Å²) in [7, 11) is 0. The molecule has 0 atom stereocenters. The largest absolute Gasteiger partial charge is 4.00 e. The van der Waals surface area contributed by atoms with Crippen LogP contribution in [0.3, 0.4) is 0 Å². The Hall–Kier alpha value is 1.21. The van der Waals surface area contributed by atoms with Crippen LogP contribution in [0.5, 0.6) is 0 Å². The minimum atomic E-state index is -0.0625. The molecule has 12 heavy (non-hydrogen) atoms. The minimum Gasteiger partial charge on any atom is -1.00 e. The molecule has 0 rings (SSSR count). The fraction of sp³-hybridized carbons (Fsp3) is 0.600. The van der Waals surface area contributed by atoms with Gasteiger partial charge in [0.05, 0.1) is 6.42 Å². The van der Waals surface area contributed by atoms with Crippen LogP contribution in [0.4, 0.5) is 0 Å². The van der Waals surface area contributed by atoms with Crippen molar-refractivity contribution in [2.24, 2.45) is 0 Å². The second-order valence-electron chi connectivity index (χ2n) is 1.58. The molecule has 72 valence electrons. The van der Waals surface area contributed by atoms with Crippen molar-refractivity contribution in [3.63, 3.8) is 0 Å². The molecule has 0 spiro atoms. The smallest absolute Gasteiger partial charge is 1.00 e. The Bertz CT molecular complexity index is 97.6. The number of hydrogen-bond acceptors (Lipinski definition) is 2. The third-order valence-corrected chi connectivity index (χ3v) is 0.498. The summed E-state index contributed by atoms with van der Waals surface area (Å²) in [4.78, 5) is 20.1. The van der Waals surface area contributed by atoms with E-state index in [1.165, 1.54) is 13.8 Å². The summed E-state index contributed by atoms with van der Waals surface area (Å²) in [6, 6.07) is 0. The maximum Gasteiger partial charge on any atom is 4.00 e. The third-order valence-electron chi connectivity index (χ3n) is 0.498. The Kier molecular flexibility index (Phi) is 71.9. The molecule has 0 aromatic heterocycles. The SMILES string of the molecule is CC(=O)CC(C)=O.[Cl-].[Cl-].[Cl-].[Cl-].[Ti+4]. The number of Topliss-reactive ketones (excluding diaryl/α,β-unsaturated/α-hetero) is 2. The van der Waals surface area contributed by atoms with E-state index >= 15 is 0 Å². The molecule has 0 saturated heterocycles. The zero-order chi connectivity index (χ0) is 5.86. The van der Waals surface area contributed by atoms with Crippen molar-refractivity contribution in [2.45, 2.75) is 20.3 Å². The molecule has 0 bridgehead atoms. The van der Waals surface area contributed by atoms with Gasteiger partial charge in [-0.15, -0.1) is 0 Å². The van der Waals surface area contributed by atoms with Crippen LogP contribution in [0, 0.1) is 0 Å². The van der Waals surface area contributed by atoms with Crippen molar-refractivity contribution in [1.29, 1.82) is 0 Å². The van der Waals surface area contributed by atoms with Crippen molar-refractivity contribution < 1.29 is 80.9 Å². The molecule has 0 fully saturated rings. The van der Waals surface area contributed by atoms with Gasteiger partial charge in [-0.25, -0.2) is 0 Å². The molecule has 0 amide bonds. The van der Waals surface area contributed by atoms with E-state index < -0.39 is 0 Å². The zero-order valence-electron chi connectivity index (χ0n) is 6.54. The summed E-state index contributed by atoms with van der Waals surface area (Å²) in [5.74, 6) is -0.125. The molecule has 0 radical (unpaired) electrons. The monoisotopic (exact) mass is 288 g/mol. The zero-order valence-corrected chi connectivity index (χ0v) is 11.1. The molecule has 0 heterocycles. The average molecular weight is 290 g/mol. The fourth-order valence-electron chi connectivity index (χ4n) is 0.351. The van der Waals surface area contributed by atoms with Gasteiger partial charge >= 0.3 is 21.7 Å². The maximum atomic E-state index is 10.0. The van der Waals surface area contributed by atoms with Gasteiger partial charge in [0.1, 0.15) is 11.6 Å². The summed E-state index contributed by atoms with van der Waals surface area (Å²) in [6.07, 6.45) is 0.0833. The van der Waals surface area contributed by atoms with Crippen molar-refractivity contribution >= 4 is 11.6 Å². The van der Waals surface area contributed by atoms with Gasteiger partial charge < -0.3 is 49.6 Å². The van der Waals surface area contributed by atoms with Crippen LogP contribution in [0.1, 0.15) is 20.3 Å². The predicted molar refractivity (Wildman–Crippen MR) is 26.0 cm³/mol. The molecule has 0 aliphatic carbocycles. The fourth-order valence-corrected chi connectivity index (χ4v) is 0.351. The third kappa shape index (κ3) is 43.0. The minimum absolute atomic E-state index is 0. The molecule has 0 aliphatic rings. The number of halogens is 4. The van der Waals surface area contributed by atoms with Crippen LogP contribution >= 0.6 is 0 Å². The molecule has 0 aliphatic heterocycles. The van der Waals surface area contributed by atoms with E-state index in [9.17, 15) is 9.59 Å². The topological polar surface area (TPSA) is 34.1 Å². The van der Waals surface area contributed by atoms with E-state index in [1.54, 1.807) is 0 Å². The van der Waals surface area contributed by atoms with E-state index in [0.29, 0.717) is 0 Å². The maximum absolute atomic E-state index is 10.0. The number of carbonyl (C=O) groups excluding carboxylic acids is 2. The Labute approximate surface area is 112 Å². The Morgan fingerprint density at radius 2 is 1.00 bits per heavy atom. The molecule has 0 aromatic carbocycles. The molecular formula is C5H8Cl4O2Ti. The summed E-state index contributed by atoms with van der Waals surface area (Å²) in [6.45, 7) is 2.81. The summed E-state index contributed by atoms with van der Waals surface area (Å²) >= 11 is 0. The first-order valence-electron chi connectivity index (χ1n) is 2.12. The van der Waals surface area contributed by atoms with E-state index in [-0.39, 0.29) is 89.3 Å². The molecule has 0 unspecified atom stereocenters. The predicted octanol–water partition coefficient (Wildman–Crippen LogP) is -11.4. The normalized spacial score (nSPS) is 4.83. The van der Waals surface area contributed by atoms with Gasteiger partial charge in [-0.05, 0) is 13.8 Å². The first-order chi connectivity index (χ1) is 3.13. The van der Waals surface area contributed by atoms with Crippen molar-refractivity contribution in [3.05, 3.63) is 0 Å². The standard InChI is InChI=1S/C5H8O2.4ClH.Ti/c1-4(6)3-5(2)7;;;;;/h3H2,1-2H3;4*1H;/q;;;;;+4/p-4. The van der Waals surface area contributed by atoms with Crippen LogP contribution in [0.15, 0.2) is 0 Å². The van der Waals surface area contributed by atoms with Crippen LogP contribution < -0.4 is 49.6 Å². The summed E-state index contributed by atoms with van der Waals surface area (Å²) in [5, 5.41) is 0. The number of carbonyl (C=O) groups is 2. The van der Waals surface area contributed by atoms with Gasteiger partial charge in [0, 0.05) is 0 Å². The molecule has 0 N–H and O–H groups in total. The van der Waals surface area contributed by atoms with Gasteiger partial charge in [-0.3, -0.25) is 9.59 Å². The van der Waals surface area contributed by atoms with Crippen molar-refractivity contribution in [3.8, 4) is 0 Å². The van der Waals surface area contributed by atoms with Crippen LogP contribution in [0.25, 0.3) is 0 Å². The Balaban J connectivity index is -0.0000000180. The Morgan fingerprint density at radius 1 is 0.833 bits per heavy atom. The van der Waals surface area contributed by atoms with E-state index in [1.807, 2.05) is 0 Å². The molecule has 0 aromatic rings. The van der Waals surface area contributed by atoms with Crippen LogP contribution in [-0.2, 0) is 31.3 Å². The molecular weight excluding hydrogens is 282 g/mol. The molecule has 7 heteroatoms. The van der Waals surface area contributed by atoms with Gasteiger partial charge in [-0.1, -0.05) is 0 Å². The van der Waals surface area contributed by atoms with Crippen molar-refractivity contribution in [2.75, 3.05) is 0 Å². The average Bonchev–Trinajstić information content (AvgIpc) is 1.27. The van der Waals surface area contributed by atoms with Gasteiger partial charge in [0.2, 0.25) is 0 Å². The summed E-state index contributed by atoms with van der Waals surface area (Å²) < 4.78 is 0. The van der Waals surface area contributed by atoms with E-state index in [0.717, 1.165) is 0 Å². The second-order valence-corrected chi connectivity index (χ2v) is 1.58. The van der Waals surface area contributed by atoms with Crippen LogP contribution in [-0.4, -0.2) is 11.6 Å². The Morgan fingerprint density at radius 3 is 1.00 bits per heavy atom. The molecule has 2 nitrogen and oxygen atoms in total. The van der Waals surface area contributed by atoms with Crippen LogP contribution in [0.2, 0.25) is 0 Å². The quantitative estimate of drug-likeness (QED) is 0.374. The summed E-state index contributed by atoms with van der Waals surface area (Å²) in [5.41, 5.74) is 0. The molecule has 0 saturated carbocycles. The van der Waals surface area contributed by atoms with E-state index in [4.69, 9.17) is 0 Å². The number of hydrogen-bond donors (Lipinski definition) is 0. The van der Waals surface area contributed by atoms with Gasteiger partial charge in [0.25, 0.3) is 0 Å². The first-order valence-corrected chi connectivity index (χ1v) is 2.12. The number of ketones is 2. The van der Waals surface area contributed by atoms with Gasteiger partial charge in [0.15, 0.2) is 0 Å². The van der Waals surface area contributed by atoms with Gasteiger partial charge in [-0.2, -0.15) is 0 Å². The second kappa shape index (κ2) is 22.8. The number of rotatable bonds is 2. The van der Waals surface area contributed by atoms with Crippen molar-refractivity contribution in [1.82, 2.24) is 0 Å². The van der Waals surface area contributed by atoms with E-state index in [2.05, 4.69) is 0 Å². The first kappa shape index (κ1) is 37.9.